The van der Waals surface area contributed by atoms with Crippen molar-refractivity contribution in [1.82, 2.24) is 0 Å². The zero-order valence-corrected chi connectivity index (χ0v) is 12.4. The van der Waals surface area contributed by atoms with E-state index in [1.807, 2.05) is 0 Å². The lowest BCUT2D eigenvalue weighted by Gasteiger charge is -2.18. The molecule has 0 radical (unpaired) electrons. The smallest absolute Gasteiger partial charge is 0.342 e. The second kappa shape index (κ2) is 6.79. The standard InChI is InChI=1S/C16H20O6/c1-9-3-2-4-11(17)7-12(18)5-10-6-13(19)8-14(20)15(10)16(21)22-9/h6,8-9,11,17,19-20H,2-5,7H2,1H3/t9-,11-/m1/s1. The molecular formula is C16H20O6. The van der Waals surface area contributed by atoms with Crippen molar-refractivity contribution in [2.45, 2.75) is 51.2 Å². The summed E-state index contributed by atoms with van der Waals surface area (Å²) in [7, 11) is 0. The average molecular weight is 308 g/mol. The van der Waals surface area contributed by atoms with E-state index in [0.29, 0.717) is 19.3 Å². The number of carbonyl (C=O) groups excluding carboxylic acids is 2. The molecule has 1 aromatic carbocycles. The molecule has 3 N–H and O–H groups in total. The summed E-state index contributed by atoms with van der Waals surface area (Å²) in [5.74, 6) is -1.63. The van der Waals surface area contributed by atoms with E-state index in [-0.39, 0.29) is 41.6 Å². The van der Waals surface area contributed by atoms with Gasteiger partial charge < -0.3 is 20.1 Å². The number of aliphatic hydroxyl groups is 1. The van der Waals surface area contributed by atoms with Crippen LogP contribution in [-0.2, 0) is 16.0 Å². The highest BCUT2D eigenvalue weighted by atomic mass is 16.5. The van der Waals surface area contributed by atoms with Gasteiger partial charge in [0.05, 0.1) is 12.2 Å². The SMILES string of the molecule is C[C@@H]1CCC[C@@H](O)CC(=O)Cc2cc(O)cc(O)c2C(=O)O1. The zero-order valence-electron chi connectivity index (χ0n) is 12.4. The van der Waals surface area contributed by atoms with E-state index in [0.717, 1.165) is 6.07 Å². The highest BCUT2D eigenvalue weighted by Gasteiger charge is 2.24. The van der Waals surface area contributed by atoms with Gasteiger partial charge in [-0.2, -0.15) is 0 Å². The minimum atomic E-state index is -0.732. The first-order valence-corrected chi connectivity index (χ1v) is 7.32. The molecule has 0 aromatic heterocycles. The van der Waals surface area contributed by atoms with Gasteiger partial charge in [0.1, 0.15) is 22.8 Å². The number of Topliss-reactive ketones (excluding diaryl/α,β-unsaturated/α-hetero) is 1. The van der Waals surface area contributed by atoms with Crippen LogP contribution in [-0.4, -0.2) is 39.3 Å². The molecule has 0 bridgehead atoms. The molecule has 0 unspecified atom stereocenters. The number of ketones is 1. The van der Waals surface area contributed by atoms with Crippen molar-refractivity contribution in [3.8, 4) is 11.5 Å². The van der Waals surface area contributed by atoms with Gasteiger partial charge in [0, 0.05) is 18.9 Å². The molecule has 0 spiro atoms. The van der Waals surface area contributed by atoms with E-state index in [2.05, 4.69) is 0 Å². The van der Waals surface area contributed by atoms with Gasteiger partial charge in [0.2, 0.25) is 0 Å². The predicted octanol–water partition coefficient (Wildman–Crippen LogP) is 1.69. The van der Waals surface area contributed by atoms with Crippen LogP contribution in [0.15, 0.2) is 12.1 Å². The Morgan fingerprint density at radius 3 is 2.64 bits per heavy atom. The van der Waals surface area contributed by atoms with Crippen molar-refractivity contribution in [1.29, 1.82) is 0 Å². The second-order valence-corrected chi connectivity index (χ2v) is 5.72. The molecule has 0 saturated heterocycles. The molecule has 2 atom stereocenters. The minimum Gasteiger partial charge on any atom is -0.508 e. The molecule has 120 valence electrons. The number of ether oxygens (including phenoxy) is 1. The van der Waals surface area contributed by atoms with E-state index in [9.17, 15) is 24.9 Å². The third kappa shape index (κ3) is 3.98. The summed E-state index contributed by atoms with van der Waals surface area (Å²) in [5, 5.41) is 29.3. The van der Waals surface area contributed by atoms with E-state index >= 15 is 0 Å². The number of aliphatic hydroxyl groups excluding tert-OH is 1. The highest BCUT2D eigenvalue weighted by Crippen LogP contribution is 2.29. The Morgan fingerprint density at radius 1 is 1.18 bits per heavy atom. The number of fused-ring (bicyclic) bond motifs is 1. The quantitative estimate of drug-likeness (QED) is 0.630. The number of esters is 1. The van der Waals surface area contributed by atoms with Crippen LogP contribution < -0.4 is 0 Å². The first-order chi connectivity index (χ1) is 10.4. The number of phenols is 2. The molecule has 1 aliphatic rings. The lowest BCUT2D eigenvalue weighted by molar-refractivity contribution is -0.120. The van der Waals surface area contributed by atoms with Gasteiger partial charge in [-0.1, -0.05) is 0 Å². The maximum Gasteiger partial charge on any atom is 0.342 e. The Hall–Kier alpha value is -2.08. The van der Waals surface area contributed by atoms with Crippen molar-refractivity contribution in [2.75, 3.05) is 0 Å². The van der Waals surface area contributed by atoms with Crippen molar-refractivity contribution in [3.05, 3.63) is 23.3 Å². The summed E-state index contributed by atoms with van der Waals surface area (Å²) in [6.07, 6.45) is 0.394. The molecule has 6 nitrogen and oxygen atoms in total. The maximum absolute atomic E-state index is 12.2. The first kappa shape index (κ1) is 16.3. The normalized spacial score (nSPS) is 23.9. The summed E-state index contributed by atoms with van der Waals surface area (Å²) >= 11 is 0. The molecule has 1 aliphatic heterocycles. The van der Waals surface area contributed by atoms with Crippen LogP contribution in [0, 0.1) is 0 Å². The van der Waals surface area contributed by atoms with Crippen molar-refractivity contribution < 1.29 is 29.6 Å². The summed E-state index contributed by atoms with van der Waals surface area (Å²) in [5.41, 5.74) is 0.0977. The van der Waals surface area contributed by atoms with Crippen LogP contribution in [0.2, 0.25) is 0 Å². The van der Waals surface area contributed by atoms with Crippen molar-refractivity contribution in [2.24, 2.45) is 0 Å². The van der Waals surface area contributed by atoms with Gasteiger partial charge in [0.25, 0.3) is 0 Å². The van der Waals surface area contributed by atoms with Gasteiger partial charge in [-0.15, -0.1) is 0 Å². The minimum absolute atomic E-state index is 0.0146. The number of carbonyl (C=O) groups is 2. The topological polar surface area (TPSA) is 104 Å². The van der Waals surface area contributed by atoms with Gasteiger partial charge in [-0.05, 0) is 37.8 Å². The number of phenolic OH excluding ortho intramolecular Hbond substituents is 2. The molecule has 6 heteroatoms. The van der Waals surface area contributed by atoms with Crippen molar-refractivity contribution >= 4 is 11.8 Å². The summed E-state index contributed by atoms with van der Waals surface area (Å²) < 4.78 is 5.27. The molecule has 0 saturated carbocycles. The fourth-order valence-corrected chi connectivity index (χ4v) is 2.64. The Kier molecular flexibility index (Phi) is 5.03. The lowest BCUT2D eigenvalue weighted by atomic mass is 9.96. The Labute approximate surface area is 128 Å². The second-order valence-electron chi connectivity index (χ2n) is 5.72. The number of hydrogen-bond donors (Lipinski definition) is 3. The van der Waals surface area contributed by atoms with Gasteiger partial charge in [-0.25, -0.2) is 4.79 Å². The number of cyclic esters (lactones) is 1. The number of benzene rings is 1. The van der Waals surface area contributed by atoms with Crippen molar-refractivity contribution in [3.63, 3.8) is 0 Å². The van der Waals surface area contributed by atoms with Gasteiger partial charge >= 0.3 is 5.97 Å². The third-order valence-corrected chi connectivity index (χ3v) is 3.70. The molecule has 1 heterocycles. The van der Waals surface area contributed by atoms with Crippen LogP contribution in [0.25, 0.3) is 0 Å². The average Bonchev–Trinajstić information content (AvgIpc) is 2.35. The summed E-state index contributed by atoms with van der Waals surface area (Å²) in [4.78, 5) is 24.2. The Bertz CT molecular complexity index is 580. The molecular weight excluding hydrogens is 288 g/mol. The molecule has 0 aliphatic carbocycles. The summed E-state index contributed by atoms with van der Waals surface area (Å²) in [6, 6.07) is 2.30. The van der Waals surface area contributed by atoms with Crippen LogP contribution >= 0.6 is 0 Å². The molecule has 2 rings (SSSR count). The molecule has 22 heavy (non-hydrogen) atoms. The Balaban J connectivity index is 2.40. The predicted molar refractivity (Wildman–Crippen MR) is 77.8 cm³/mol. The molecule has 0 amide bonds. The maximum atomic E-state index is 12.2. The van der Waals surface area contributed by atoms with E-state index in [1.165, 1.54) is 6.07 Å². The van der Waals surface area contributed by atoms with E-state index in [1.54, 1.807) is 6.92 Å². The first-order valence-electron chi connectivity index (χ1n) is 7.32. The van der Waals surface area contributed by atoms with E-state index < -0.39 is 17.8 Å². The van der Waals surface area contributed by atoms with E-state index in [4.69, 9.17) is 4.74 Å². The fraction of sp³-hybridized carbons (Fsp3) is 0.500. The fourth-order valence-electron chi connectivity index (χ4n) is 2.64. The third-order valence-electron chi connectivity index (χ3n) is 3.70. The zero-order chi connectivity index (χ0) is 16.3. The number of aromatic hydroxyl groups is 2. The molecule has 1 aromatic rings. The lowest BCUT2D eigenvalue weighted by Crippen LogP contribution is -2.21. The van der Waals surface area contributed by atoms with Crippen LogP contribution in [0.4, 0.5) is 0 Å². The van der Waals surface area contributed by atoms with Crippen LogP contribution in [0.3, 0.4) is 0 Å². The van der Waals surface area contributed by atoms with Gasteiger partial charge in [-0.3, -0.25) is 4.79 Å². The summed E-state index contributed by atoms with van der Waals surface area (Å²) in [6.45, 7) is 1.73. The number of rotatable bonds is 0. The molecule has 0 fully saturated rings. The van der Waals surface area contributed by atoms with Gasteiger partial charge in [0.15, 0.2) is 0 Å². The van der Waals surface area contributed by atoms with Crippen LogP contribution in [0.1, 0.15) is 48.5 Å². The number of hydrogen-bond acceptors (Lipinski definition) is 6. The Morgan fingerprint density at radius 2 is 1.91 bits per heavy atom. The van der Waals surface area contributed by atoms with Crippen LogP contribution in [0.5, 0.6) is 11.5 Å². The highest BCUT2D eigenvalue weighted by molar-refractivity contribution is 5.96. The monoisotopic (exact) mass is 308 g/mol. The largest absolute Gasteiger partial charge is 0.508 e.